The monoisotopic (exact) mass is 591 g/mol. The third-order valence-corrected chi connectivity index (χ3v) is 6.55. The molecular weight excluding hydrogens is 564 g/mol. The van der Waals surface area contributed by atoms with Gasteiger partial charge in [0.25, 0.3) is 5.56 Å². The summed E-state index contributed by atoms with van der Waals surface area (Å²) in [5.74, 6) is 0.152. The van der Waals surface area contributed by atoms with Gasteiger partial charge < -0.3 is 15.1 Å². The second-order valence-corrected chi connectivity index (χ2v) is 9.86. The number of carbonyl (C=O) groups excluding carboxylic acids is 1. The van der Waals surface area contributed by atoms with E-state index < -0.39 is 46.8 Å². The Morgan fingerprint density at radius 1 is 0.881 bits per heavy atom. The number of fused-ring (bicyclic) bond motifs is 1. The minimum Gasteiger partial charge on any atom is -0.313 e. The first-order valence-corrected chi connectivity index (χ1v) is 12.8. The fraction of sp³-hybridized carbons (Fsp3) is 0.276. The van der Waals surface area contributed by atoms with Crippen LogP contribution in [0.2, 0.25) is 0 Å². The minimum atomic E-state index is -5.08. The Bertz CT molecular complexity index is 1600. The van der Waals surface area contributed by atoms with E-state index in [1.54, 1.807) is 80.5 Å². The lowest BCUT2D eigenvalue weighted by Crippen LogP contribution is -2.43. The number of carbonyl (C=O) groups is 1. The molecule has 3 aromatic carbocycles. The van der Waals surface area contributed by atoms with E-state index in [0.29, 0.717) is 28.7 Å². The predicted octanol–water partition coefficient (Wildman–Crippen LogP) is 6.58. The SMILES string of the molecule is CC(c1nc2ccccc2c(=O)n1-c1ccccc1)N(CCN(C)C)C(=O)Nc1cc(C(F)(F)F)cc(C(F)(F)F)c1. The molecule has 7 nitrogen and oxygen atoms in total. The number of hydrogen-bond acceptors (Lipinski definition) is 4. The molecular formula is C29H27F6N5O2. The molecule has 42 heavy (non-hydrogen) atoms. The zero-order valence-corrected chi connectivity index (χ0v) is 22.8. The Morgan fingerprint density at radius 3 is 2.02 bits per heavy atom. The molecule has 0 bridgehead atoms. The Kier molecular flexibility index (Phi) is 8.62. The van der Waals surface area contributed by atoms with Crippen molar-refractivity contribution in [1.29, 1.82) is 0 Å². The quantitative estimate of drug-likeness (QED) is 0.247. The number of anilines is 1. The van der Waals surface area contributed by atoms with Gasteiger partial charge in [-0.15, -0.1) is 0 Å². The Balaban J connectivity index is 1.82. The summed E-state index contributed by atoms with van der Waals surface area (Å²) in [5, 5.41) is 2.53. The van der Waals surface area contributed by atoms with Crippen molar-refractivity contribution in [2.24, 2.45) is 0 Å². The maximum absolute atomic E-state index is 13.6. The molecule has 0 fully saturated rings. The number of halogens is 6. The van der Waals surface area contributed by atoms with Crippen molar-refractivity contribution in [2.45, 2.75) is 25.3 Å². The molecule has 0 spiro atoms. The number of benzene rings is 3. The molecule has 1 heterocycles. The highest BCUT2D eigenvalue weighted by Gasteiger charge is 2.37. The maximum atomic E-state index is 13.6. The summed E-state index contributed by atoms with van der Waals surface area (Å²) in [6, 6.07) is 14.1. The third-order valence-electron chi connectivity index (χ3n) is 6.55. The first-order chi connectivity index (χ1) is 19.7. The van der Waals surface area contributed by atoms with E-state index in [4.69, 9.17) is 0 Å². The highest BCUT2D eigenvalue weighted by atomic mass is 19.4. The average Bonchev–Trinajstić information content (AvgIpc) is 2.92. The van der Waals surface area contributed by atoms with Crippen LogP contribution in [-0.2, 0) is 12.4 Å². The lowest BCUT2D eigenvalue weighted by atomic mass is 10.1. The van der Waals surface area contributed by atoms with Crippen LogP contribution in [0.15, 0.2) is 77.6 Å². The van der Waals surface area contributed by atoms with E-state index in [1.807, 2.05) is 0 Å². The van der Waals surface area contributed by atoms with Crippen molar-refractivity contribution in [3.8, 4) is 5.69 Å². The number of alkyl halides is 6. The van der Waals surface area contributed by atoms with Gasteiger partial charge in [0.1, 0.15) is 5.82 Å². The fourth-order valence-corrected chi connectivity index (χ4v) is 4.40. The van der Waals surface area contributed by atoms with E-state index in [0.717, 1.165) is 0 Å². The van der Waals surface area contributed by atoms with Gasteiger partial charge in [0.2, 0.25) is 0 Å². The van der Waals surface area contributed by atoms with Gasteiger partial charge in [0, 0.05) is 18.8 Å². The van der Waals surface area contributed by atoms with Gasteiger partial charge in [-0.1, -0.05) is 30.3 Å². The summed E-state index contributed by atoms with van der Waals surface area (Å²) >= 11 is 0. The summed E-state index contributed by atoms with van der Waals surface area (Å²) in [7, 11) is 3.47. The van der Waals surface area contributed by atoms with Crippen LogP contribution in [0.1, 0.15) is 29.9 Å². The number of para-hydroxylation sites is 2. The highest BCUT2D eigenvalue weighted by molar-refractivity contribution is 5.90. The van der Waals surface area contributed by atoms with Crippen LogP contribution >= 0.6 is 0 Å². The van der Waals surface area contributed by atoms with Gasteiger partial charge in [0.15, 0.2) is 0 Å². The standard InChI is InChI=1S/C29H27F6N5O2/c1-18(25-37-24-12-8-7-11-23(24)26(41)40(25)22-9-5-4-6-10-22)39(14-13-38(2)3)27(42)36-21-16-19(28(30,31)32)15-20(17-21)29(33,34)35/h4-12,15-18H,13-14H2,1-3H3,(H,36,42). The average molecular weight is 592 g/mol. The summed E-state index contributed by atoms with van der Waals surface area (Å²) in [6.45, 7) is 1.87. The maximum Gasteiger partial charge on any atom is 0.416 e. The molecule has 1 N–H and O–H groups in total. The minimum absolute atomic E-state index is 0.00256. The molecule has 1 aromatic heterocycles. The number of nitrogens with zero attached hydrogens (tertiary/aromatic N) is 4. The number of hydrogen-bond donors (Lipinski definition) is 1. The van der Waals surface area contributed by atoms with Gasteiger partial charge in [-0.25, -0.2) is 9.78 Å². The van der Waals surface area contributed by atoms with Crippen molar-refractivity contribution < 1.29 is 31.1 Å². The third kappa shape index (κ3) is 6.73. The van der Waals surface area contributed by atoms with Crippen molar-refractivity contribution in [2.75, 3.05) is 32.5 Å². The van der Waals surface area contributed by atoms with Crippen LogP contribution < -0.4 is 10.9 Å². The smallest absolute Gasteiger partial charge is 0.313 e. The van der Waals surface area contributed by atoms with Gasteiger partial charge in [0.05, 0.1) is 33.8 Å². The number of amides is 2. The first kappa shape index (κ1) is 30.6. The van der Waals surface area contributed by atoms with Crippen LogP contribution in [0.25, 0.3) is 16.6 Å². The van der Waals surface area contributed by atoms with Crippen molar-refractivity contribution in [1.82, 2.24) is 19.4 Å². The number of rotatable bonds is 7. The zero-order valence-electron chi connectivity index (χ0n) is 22.8. The predicted molar refractivity (Wildman–Crippen MR) is 146 cm³/mol. The number of nitrogens with one attached hydrogen (secondary N) is 1. The number of likely N-dealkylation sites (N-methyl/N-ethyl adjacent to an activating group) is 1. The number of urea groups is 1. The van der Waals surface area contributed by atoms with Crippen LogP contribution in [0.3, 0.4) is 0 Å². The van der Waals surface area contributed by atoms with Gasteiger partial charge in [-0.3, -0.25) is 9.36 Å². The molecule has 222 valence electrons. The lowest BCUT2D eigenvalue weighted by molar-refractivity contribution is -0.143. The molecule has 4 rings (SSSR count). The van der Waals surface area contributed by atoms with E-state index in [9.17, 15) is 35.9 Å². The Morgan fingerprint density at radius 2 is 1.45 bits per heavy atom. The fourth-order valence-electron chi connectivity index (χ4n) is 4.40. The van der Waals surface area contributed by atoms with E-state index in [-0.39, 0.29) is 25.0 Å². The summed E-state index contributed by atoms with van der Waals surface area (Å²) in [5.41, 5.74) is -3.39. The van der Waals surface area contributed by atoms with Crippen LogP contribution in [0.5, 0.6) is 0 Å². The molecule has 1 atom stereocenters. The molecule has 13 heteroatoms. The molecule has 0 aliphatic heterocycles. The molecule has 4 aromatic rings. The summed E-state index contributed by atoms with van der Waals surface area (Å²) < 4.78 is 81.9. The van der Waals surface area contributed by atoms with Gasteiger partial charge in [-0.05, 0) is 63.5 Å². The van der Waals surface area contributed by atoms with Crippen molar-refractivity contribution in [3.63, 3.8) is 0 Å². The second kappa shape index (κ2) is 11.8. The normalized spacial score (nSPS) is 12.9. The molecule has 0 saturated heterocycles. The number of aromatic nitrogens is 2. The first-order valence-electron chi connectivity index (χ1n) is 12.8. The molecule has 0 aliphatic carbocycles. The molecule has 2 amide bonds. The zero-order chi connectivity index (χ0) is 30.8. The molecule has 1 unspecified atom stereocenters. The van der Waals surface area contributed by atoms with E-state index in [1.165, 1.54) is 9.47 Å². The van der Waals surface area contributed by atoms with Crippen LogP contribution in [0.4, 0.5) is 36.8 Å². The largest absolute Gasteiger partial charge is 0.416 e. The van der Waals surface area contributed by atoms with E-state index >= 15 is 0 Å². The Labute approximate surface area is 237 Å². The van der Waals surface area contributed by atoms with Gasteiger partial charge >= 0.3 is 18.4 Å². The van der Waals surface area contributed by atoms with Crippen molar-refractivity contribution in [3.05, 3.63) is 100 Å². The second-order valence-electron chi connectivity index (χ2n) is 9.86. The molecule has 0 aliphatic rings. The van der Waals surface area contributed by atoms with E-state index in [2.05, 4.69) is 10.3 Å². The van der Waals surface area contributed by atoms with Crippen LogP contribution in [-0.4, -0.2) is 52.6 Å². The highest BCUT2D eigenvalue weighted by Crippen LogP contribution is 2.37. The molecule has 0 radical (unpaired) electrons. The lowest BCUT2D eigenvalue weighted by Gasteiger charge is -2.31. The van der Waals surface area contributed by atoms with Gasteiger partial charge in [-0.2, -0.15) is 26.3 Å². The van der Waals surface area contributed by atoms with Crippen molar-refractivity contribution >= 4 is 22.6 Å². The summed E-state index contributed by atoms with van der Waals surface area (Å²) in [4.78, 5) is 34.9. The van der Waals surface area contributed by atoms with Crippen LogP contribution in [0, 0.1) is 0 Å². The topological polar surface area (TPSA) is 70.5 Å². The Hall–Kier alpha value is -4.39. The summed E-state index contributed by atoms with van der Waals surface area (Å²) in [6.07, 6.45) is -10.2. The molecule has 0 saturated carbocycles.